The molecule has 4 rings (SSSR count). The summed E-state index contributed by atoms with van der Waals surface area (Å²) in [5.41, 5.74) is -0.0527. The number of alkyl halides is 2. The van der Waals surface area contributed by atoms with E-state index in [1.165, 1.54) is 0 Å². The number of carbonyl (C=O) groups excluding carboxylic acids is 1. The molecule has 1 aliphatic carbocycles. The topological polar surface area (TPSA) is 75.4 Å². The fourth-order valence-corrected chi connectivity index (χ4v) is 4.87. The second kappa shape index (κ2) is 8.05. The Morgan fingerprint density at radius 3 is 2.35 bits per heavy atom. The van der Waals surface area contributed by atoms with E-state index in [2.05, 4.69) is 4.98 Å². The van der Waals surface area contributed by atoms with E-state index in [0.29, 0.717) is 31.8 Å². The molecular formula is C23H27F2N3O3. The zero-order chi connectivity index (χ0) is 22.3. The summed E-state index contributed by atoms with van der Waals surface area (Å²) in [6.07, 6.45) is 0.169. The van der Waals surface area contributed by atoms with Crippen LogP contribution in [0.2, 0.25) is 0 Å². The molecule has 8 heteroatoms. The van der Waals surface area contributed by atoms with E-state index in [1.54, 1.807) is 9.47 Å². The highest BCUT2D eigenvalue weighted by molar-refractivity contribution is 5.95. The van der Waals surface area contributed by atoms with Crippen molar-refractivity contribution in [2.24, 2.45) is 5.92 Å². The van der Waals surface area contributed by atoms with Crippen molar-refractivity contribution in [2.45, 2.75) is 64.0 Å². The lowest BCUT2D eigenvalue weighted by atomic mass is 9.75. The molecule has 6 nitrogen and oxygen atoms in total. The van der Waals surface area contributed by atoms with Crippen LogP contribution in [0.25, 0.3) is 0 Å². The molecule has 0 bridgehead atoms. The van der Waals surface area contributed by atoms with Gasteiger partial charge in [-0.25, -0.2) is 8.78 Å². The van der Waals surface area contributed by atoms with E-state index in [1.807, 2.05) is 44.2 Å². The molecule has 1 aliphatic heterocycles. The van der Waals surface area contributed by atoms with Gasteiger partial charge >= 0.3 is 5.56 Å². The van der Waals surface area contributed by atoms with Crippen molar-refractivity contribution in [1.29, 1.82) is 0 Å². The zero-order valence-electron chi connectivity index (χ0n) is 17.7. The molecule has 166 valence electrons. The Morgan fingerprint density at radius 2 is 1.74 bits per heavy atom. The van der Waals surface area contributed by atoms with Gasteiger partial charge in [-0.2, -0.15) is 4.98 Å². The standard InChI is InChI=1S/C23H27F2N3O3/c1-14(2)27-12-13-28-18(22(27)31)19(29)21(30)26-20(28)17(15-6-4-3-5-7-15)16-8-10-23(24,25)11-9-16/h3-7,14,16-17,29H,8-13H2,1-2H3. The molecular weight excluding hydrogens is 404 g/mol. The van der Waals surface area contributed by atoms with Crippen molar-refractivity contribution in [3.8, 4) is 5.75 Å². The first-order valence-electron chi connectivity index (χ1n) is 10.8. The molecule has 2 aliphatic rings. The zero-order valence-corrected chi connectivity index (χ0v) is 17.7. The number of benzene rings is 1. The van der Waals surface area contributed by atoms with Crippen LogP contribution in [0.3, 0.4) is 0 Å². The predicted molar refractivity (Wildman–Crippen MR) is 112 cm³/mol. The predicted octanol–water partition coefficient (Wildman–Crippen LogP) is 3.77. The van der Waals surface area contributed by atoms with Crippen molar-refractivity contribution in [2.75, 3.05) is 6.54 Å². The van der Waals surface area contributed by atoms with E-state index in [0.717, 1.165) is 5.56 Å². The summed E-state index contributed by atoms with van der Waals surface area (Å²) in [7, 11) is 0. The van der Waals surface area contributed by atoms with Gasteiger partial charge in [0.2, 0.25) is 11.7 Å². The Hall–Kier alpha value is -2.77. The van der Waals surface area contributed by atoms with Crippen LogP contribution in [-0.2, 0) is 6.54 Å². The summed E-state index contributed by atoms with van der Waals surface area (Å²) in [4.78, 5) is 31.5. The molecule has 1 aromatic carbocycles. The minimum absolute atomic E-state index is 0.0583. The molecule has 1 saturated carbocycles. The largest absolute Gasteiger partial charge is 0.501 e. The minimum Gasteiger partial charge on any atom is -0.501 e. The third-order valence-corrected chi connectivity index (χ3v) is 6.51. The van der Waals surface area contributed by atoms with Gasteiger partial charge in [0.15, 0.2) is 5.69 Å². The number of fused-ring (bicyclic) bond motifs is 1. The summed E-state index contributed by atoms with van der Waals surface area (Å²) in [5.74, 6) is -3.93. The lowest BCUT2D eigenvalue weighted by molar-refractivity contribution is -0.0476. The Bertz CT molecular complexity index is 1030. The molecule has 2 aromatic rings. The van der Waals surface area contributed by atoms with Crippen LogP contribution < -0.4 is 5.56 Å². The molecule has 1 unspecified atom stereocenters. The SMILES string of the molecule is CC(C)N1CCn2c(C(c3ccccc3)C3CCC(F)(F)CC3)nc(=O)c(O)c2C1=O. The fourth-order valence-electron chi connectivity index (χ4n) is 4.87. The lowest BCUT2D eigenvalue weighted by Gasteiger charge is -2.38. The number of aromatic nitrogens is 2. The molecule has 0 radical (unpaired) electrons. The monoisotopic (exact) mass is 431 g/mol. The number of hydrogen-bond acceptors (Lipinski definition) is 4. The quantitative estimate of drug-likeness (QED) is 0.800. The van der Waals surface area contributed by atoms with Gasteiger partial charge in [-0.05, 0) is 38.2 Å². The van der Waals surface area contributed by atoms with E-state index in [-0.39, 0.29) is 30.5 Å². The molecule has 0 spiro atoms. The molecule has 1 N–H and O–H groups in total. The number of nitrogens with zero attached hydrogens (tertiary/aromatic N) is 3. The average molecular weight is 431 g/mol. The van der Waals surface area contributed by atoms with E-state index >= 15 is 0 Å². The van der Waals surface area contributed by atoms with Crippen LogP contribution in [0.4, 0.5) is 8.78 Å². The van der Waals surface area contributed by atoms with E-state index in [9.17, 15) is 23.5 Å². The molecule has 31 heavy (non-hydrogen) atoms. The summed E-state index contributed by atoms with van der Waals surface area (Å²) in [6, 6.07) is 9.30. The molecule has 1 aromatic heterocycles. The summed E-state index contributed by atoms with van der Waals surface area (Å²) in [5, 5.41) is 10.4. The molecule has 1 amide bonds. The van der Waals surface area contributed by atoms with Gasteiger partial charge in [0.05, 0.1) is 0 Å². The highest BCUT2D eigenvalue weighted by Gasteiger charge is 2.41. The van der Waals surface area contributed by atoms with Crippen molar-refractivity contribution in [3.05, 3.63) is 57.8 Å². The van der Waals surface area contributed by atoms with E-state index < -0.39 is 29.1 Å². The van der Waals surface area contributed by atoms with Crippen molar-refractivity contribution in [1.82, 2.24) is 14.5 Å². The van der Waals surface area contributed by atoms with Crippen molar-refractivity contribution >= 4 is 5.91 Å². The number of halogens is 2. The lowest BCUT2D eigenvalue weighted by Crippen LogP contribution is -2.47. The number of hydrogen-bond donors (Lipinski definition) is 1. The van der Waals surface area contributed by atoms with Crippen molar-refractivity contribution in [3.63, 3.8) is 0 Å². The maximum absolute atomic E-state index is 13.9. The van der Waals surface area contributed by atoms with Crippen LogP contribution in [0.15, 0.2) is 35.1 Å². The van der Waals surface area contributed by atoms with Gasteiger partial charge in [0, 0.05) is 37.9 Å². The van der Waals surface area contributed by atoms with Crippen LogP contribution in [0, 0.1) is 5.92 Å². The van der Waals surface area contributed by atoms with Gasteiger partial charge in [-0.3, -0.25) is 9.59 Å². The molecule has 1 atom stereocenters. The van der Waals surface area contributed by atoms with Gasteiger partial charge in [0.25, 0.3) is 5.91 Å². The maximum atomic E-state index is 13.9. The molecule has 2 heterocycles. The Balaban J connectivity index is 1.86. The first-order chi connectivity index (χ1) is 14.7. The highest BCUT2D eigenvalue weighted by Crippen LogP contribution is 2.45. The summed E-state index contributed by atoms with van der Waals surface area (Å²) >= 11 is 0. The minimum atomic E-state index is -2.68. The third-order valence-electron chi connectivity index (χ3n) is 6.51. The highest BCUT2D eigenvalue weighted by atomic mass is 19.3. The average Bonchev–Trinajstić information content (AvgIpc) is 2.73. The van der Waals surface area contributed by atoms with E-state index in [4.69, 9.17) is 0 Å². The Morgan fingerprint density at radius 1 is 1.10 bits per heavy atom. The molecule has 1 fully saturated rings. The van der Waals surface area contributed by atoms with Crippen LogP contribution in [0.1, 0.15) is 67.3 Å². The number of aromatic hydroxyl groups is 1. The summed E-state index contributed by atoms with van der Waals surface area (Å²) in [6.45, 7) is 4.55. The molecule has 0 saturated heterocycles. The second-order valence-electron chi connectivity index (χ2n) is 8.80. The number of rotatable bonds is 4. The van der Waals surface area contributed by atoms with Gasteiger partial charge in [0.1, 0.15) is 5.82 Å². The summed E-state index contributed by atoms with van der Waals surface area (Å²) < 4.78 is 29.3. The second-order valence-corrected chi connectivity index (χ2v) is 8.80. The van der Waals surface area contributed by atoms with Crippen LogP contribution in [0.5, 0.6) is 5.75 Å². The first kappa shape index (κ1) is 21.5. The van der Waals surface area contributed by atoms with Gasteiger partial charge in [-0.15, -0.1) is 0 Å². The van der Waals surface area contributed by atoms with Gasteiger partial charge < -0.3 is 14.6 Å². The number of carbonyl (C=O) groups is 1. The first-order valence-corrected chi connectivity index (χ1v) is 10.8. The smallest absolute Gasteiger partial charge is 0.315 e. The normalized spacial score (nSPS) is 20.0. The fraction of sp³-hybridized carbons (Fsp3) is 0.522. The van der Waals surface area contributed by atoms with Crippen molar-refractivity contribution < 1.29 is 18.7 Å². The third kappa shape index (κ3) is 3.95. The van der Waals surface area contributed by atoms with Gasteiger partial charge in [-0.1, -0.05) is 30.3 Å². The number of amides is 1. The maximum Gasteiger partial charge on any atom is 0.315 e. The van der Waals surface area contributed by atoms with Crippen LogP contribution >= 0.6 is 0 Å². The Kier molecular flexibility index (Phi) is 5.58. The Labute approximate surface area is 179 Å². The van der Waals surface area contributed by atoms with Crippen LogP contribution in [-0.4, -0.2) is 44.0 Å².